The fourth-order valence-corrected chi connectivity index (χ4v) is 4.64. The van der Waals surface area contributed by atoms with E-state index in [1.165, 1.54) is 35.0 Å². The molecule has 11 heteroatoms. The first-order valence-corrected chi connectivity index (χ1v) is 11.4. The smallest absolute Gasteiger partial charge is 0.349 e. The van der Waals surface area contributed by atoms with Gasteiger partial charge in [0.2, 0.25) is 5.91 Å². The number of urea groups is 1. The molecule has 0 spiro atoms. The van der Waals surface area contributed by atoms with Crippen molar-refractivity contribution in [2.45, 2.75) is 38.7 Å². The number of carbonyl (C=O) groups excluding carboxylic acids is 3. The standard InChI is InChI=1S/C25H26F3N5O3/c1-14(2)21(22(34)30-12-15-8-6-7-11-29-15)33-13-18-19(23(33)35)20(31-24(36)32(18)3)16-9-4-5-10-17(16)25(26,27)28/h4-11,14,20-21H,12-13H2,1-3H3,(H,30,34)(H,31,36)/t20-,21-/m1/s1. The molecule has 2 atom stereocenters. The number of halogens is 3. The van der Waals surface area contributed by atoms with Crippen molar-refractivity contribution in [2.24, 2.45) is 5.92 Å². The molecule has 2 aliphatic rings. The lowest BCUT2D eigenvalue weighted by Crippen LogP contribution is -2.51. The van der Waals surface area contributed by atoms with Gasteiger partial charge in [-0.3, -0.25) is 19.5 Å². The molecule has 2 aliphatic heterocycles. The van der Waals surface area contributed by atoms with E-state index >= 15 is 0 Å². The summed E-state index contributed by atoms with van der Waals surface area (Å²) in [6.45, 7) is 3.63. The zero-order valence-electron chi connectivity index (χ0n) is 20.0. The van der Waals surface area contributed by atoms with E-state index in [4.69, 9.17) is 0 Å². The van der Waals surface area contributed by atoms with E-state index in [-0.39, 0.29) is 35.8 Å². The third-order valence-corrected chi connectivity index (χ3v) is 6.37. The predicted octanol–water partition coefficient (Wildman–Crippen LogP) is 3.23. The summed E-state index contributed by atoms with van der Waals surface area (Å²) in [5, 5.41) is 5.33. The predicted molar refractivity (Wildman–Crippen MR) is 124 cm³/mol. The molecule has 4 rings (SSSR count). The second-order valence-corrected chi connectivity index (χ2v) is 9.05. The van der Waals surface area contributed by atoms with Crippen LogP contribution in [0.1, 0.15) is 36.7 Å². The van der Waals surface area contributed by atoms with Crippen molar-refractivity contribution < 1.29 is 27.6 Å². The van der Waals surface area contributed by atoms with Gasteiger partial charge in [-0.1, -0.05) is 38.1 Å². The van der Waals surface area contributed by atoms with Crippen molar-refractivity contribution in [2.75, 3.05) is 13.6 Å². The fraction of sp³-hybridized carbons (Fsp3) is 0.360. The van der Waals surface area contributed by atoms with Gasteiger partial charge in [-0.15, -0.1) is 0 Å². The topological polar surface area (TPSA) is 94.6 Å². The Hall–Kier alpha value is -3.89. The van der Waals surface area contributed by atoms with Gasteiger partial charge < -0.3 is 15.5 Å². The number of carbonyl (C=O) groups is 3. The van der Waals surface area contributed by atoms with Gasteiger partial charge in [-0.25, -0.2) is 4.79 Å². The quantitative estimate of drug-likeness (QED) is 0.636. The summed E-state index contributed by atoms with van der Waals surface area (Å²) in [5.41, 5.74) is -0.232. The molecular weight excluding hydrogens is 475 g/mol. The highest BCUT2D eigenvalue weighted by molar-refractivity contribution is 6.03. The van der Waals surface area contributed by atoms with Crippen molar-refractivity contribution in [1.29, 1.82) is 0 Å². The molecule has 0 saturated carbocycles. The monoisotopic (exact) mass is 501 g/mol. The number of alkyl halides is 3. The molecule has 36 heavy (non-hydrogen) atoms. The lowest BCUT2D eigenvalue weighted by Gasteiger charge is -2.32. The first-order valence-electron chi connectivity index (χ1n) is 11.4. The summed E-state index contributed by atoms with van der Waals surface area (Å²) in [5.74, 6) is -1.32. The molecule has 4 amide bonds. The van der Waals surface area contributed by atoms with Crippen LogP contribution in [0.3, 0.4) is 0 Å². The number of amides is 4. The van der Waals surface area contributed by atoms with Gasteiger partial charge in [-0.2, -0.15) is 13.2 Å². The van der Waals surface area contributed by atoms with E-state index in [0.29, 0.717) is 5.69 Å². The van der Waals surface area contributed by atoms with Crippen LogP contribution >= 0.6 is 0 Å². The highest BCUT2D eigenvalue weighted by Crippen LogP contribution is 2.42. The van der Waals surface area contributed by atoms with Crippen LogP contribution in [-0.2, 0) is 22.3 Å². The molecule has 3 heterocycles. The van der Waals surface area contributed by atoms with Crippen molar-refractivity contribution in [3.63, 3.8) is 0 Å². The van der Waals surface area contributed by atoms with Crippen LogP contribution in [-0.4, -0.2) is 52.3 Å². The normalized spacial score (nSPS) is 18.9. The SMILES string of the molecule is CC(C)[C@H](C(=O)NCc1ccccn1)N1CC2=C(C1=O)[C@@H](c1ccccc1C(F)(F)F)NC(=O)N2C. The van der Waals surface area contributed by atoms with Gasteiger partial charge in [0.25, 0.3) is 5.91 Å². The van der Waals surface area contributed by atoms with Gasteiger partial charge in [0, 0.05) is 13.2 Å². The summed E-state index contributed by atoms with van der Waals surface area (Å²) in [7, 11) is 1.44. The Morgan fingerprint density at radius 3 is 2.50 bits per heavy atom. The Morgan fingerprint density at radius 1 is 1.17 bits per heavy atom. The second kappa shape index (κ2) is 9.63. The van der Waals surface area contributed by atoms with Crippen LogP contribution in [0, 0.1) is 5.92 Å². The summed E-state index contributed by atoms with van der Waals surface area (Å²) < 4.78 is 41.3. The van der Waals surface area contributed by atoms with Gasteiger partial charge in [0.05, 0.1) is 41.7 Å². The van der Waals surface area contributed by atoms with Crippen LogP contribution in [0.4, 0.5) is 18.0 Å². The van der Waals surface area contributed by atoms with Crippen molar-refractivity contribution in [1.82, 2.24) is 25.4 Å². The summed E-state index contributed by atoms with van der Waals surface area (Å²) >= 11 is 0. The van der Waals surface area contributed by atoms with E-state index in [2.05, 4.69) is 15.6 Å². The summed E-state index contributed by atoms with van der Waals surface area (Å²) in [6.07, 6.45) is -3.08. The molecule has 0 aliphatic carbocycles. The molecule has 1 aromatic heterocycles. The molecule has 0 bridgehead atoms. The number of hydrogen-bond donors (Lipinski definition) is 2. The van der Waals surface area contributed by atoms with Crippen LogP contribution < -0.4 is 10.6 Å². The third kappa shape index (κ3) is 4.65. The molecule has 0 saturated heterocycles. The molecule has 190 valence electrons. The number of pyridine rings is 1. The molecule has 0 radical (unpaired) electrons. The average molecular weight is 502 g/mol. The molecule has 0 fully saturated rings. The van der Waals surface area contributed by atoms with E-state index in [1.807, 2.05) is 0 Å². The first kappa shape index (κ1) is 25.2. The Bertz CT molecular complexity index is 1210. The second-order valence-electron chi connectivity index (χ2n) is 9.05. The Balaban J connectivity index is 1.66. The van der Waals surface area contributed by atoms with Crippen molar-refractivity contribution in [3.8, 4) is 0 Å². The fourth-order valence-electron chi connectivity index (χ4n) is 4.64. The average Bonchev–Trinajstić information content (AvgIpc) is 3.17. The van der Waals surface area contributed by atoms with E-state index in [1.54, 1.807) is 38.2 Å². The zero-order chi connectivity index (χ0) is 26.2. The largest absolute Gasteiger partial charge is 0.416 e. The number of likely N-dealkylation sites (N-methyl/N-ethyl adjacent to an activating group) is 1. The summed E-state index contributed by atoms with van der Waals surface area (Å²) in [4.78, 5) is 46.2. The van der Waals surface area contributed by atoms with Gasteiger partial charge >= 0.3 is 12.2 Å². The maximum atomic E-state index is 13.8. The van der Waals surface area contributed by atoms with Crippen LogP contribution in [0.15, 0.2) is 59.9 Å². The number of benzene rings is 1. The number of nitrogens with one attached hydrogen (secondary N) is 2. The van der Waals surface area contributed by atoms with E-state index in [0.717, 1.165) is 6.07 Å². The van der Waals surface area contributed by atoms with Crippen LogP contribution in [0.2, 0.25) is 0 Å². The third-order valence-electron chi connectivity index (χ3n) is 6.37. The molecule has 8 nitrogen and oxygen atoms in total. The first-order chi connectivity index (χ1) is 17.0. The highest BCUT2D eigenvalue weighted by atomic mass is 19.4. The maximum Gasteiger partial charge on any atom is 0.416 e. The highest BCUT2D eigenvalue weighted by Gasteiger charge is 2.48. The van der Waals surface area contributed by atoms with Crippen molar-refractivity contribution >= 4 is 17.8 Å². The van der Waals surface area contributed by atoms with Crippen LogP contribution in [0.25, 0.3) is 0 Å². The molecular formula is C25H26F3N5O3. The molecule has 1 aromatic carbocycles. The van der Waals surface area contributed by atoms with Crippen molar-refractivity contribution in [3.05, 3.63) is 76.8 Å². The number of nitrogens with zero attached hydrogens (tertiary/aromatic N) is 3. The van der Waals surface area contributed by atoms with Gasteiger partial charge in [0.1, 0.15) is 6.04 Å². The van der Waals surface area contributed by atoms with Crippen LogP contribution in [0.5, 0.6) is 0 Å². The minimum atomic E-state index is -4.68. The molecule has 0 unspecified atom stereocenters. The summed E-state index contributed by atoms with van der Waals surface area (Å²) in [6, 6.07) is 7.29. The minimum Gasteiger partial charge on any atom is -0.349 e. The number of hydrogen-bond acceptors (Lipinski definition) is 4. The van der Waals surface area contributed by atoms with E-state index in [9.17, 15) is 27.6 Å². The zero-order valence-corrected chi connectivity index (χ0v) is 20.0. The lowest BCUT2D eigenvalue weighted by molar-refractivity contribution is -0.139. The van der Waals surface area contributed by atoms with E-state index < -0.39 is 41.7 Å². The van der Waals surface area contributed by atoms with Gasteiger partial charge in [0.15, 0.2) is 0 Å². The number of rotatable bonds is 6. The van der Waals surface area contributed by atoms with Gasteiger partial charge in [-0.05, 0) is 29.7 Å². The maximum absolute atomic E-state index is 13.8. The Morgan fingerprint density at radius 2 is 1.86 bits per heavy atom. The lowest BCUT2D eigenvalue weighted by atomic mass is 9.91. The Kier molecular flexibility index (Phi) is 6.75. The Labute approximate surface area is 206 Å². The number of aromatic nitrogens is 1. The molecule has 2 N–H and O–H groups in total. The minimum absolute atomic E-state index is 0.0250. The molecule has 2 aromatic rings.